The second-order valence-electron chi connectivity index (χ2n) is 7.66. The molecule has 0 saturated carbocycles. The molecule has 0 bridgehead atoms. The molecule has 2 heterocycles. The van der Waals surface area contributed by atoms with Crippen molar-refractivity contribution in [2.24, 2.45) is 0 Å². The fourth-order valence-corrected chi connectivity index (χ4v) is 3.95. The minimum absolute atomic E-state index is 0.0453. The largest absolute Gasteiger partial charge is 0.507 e. The number of methoxy groups -OCH3 is 1. The first kappa shape index (κ1) is 21.4. The van der Waals surface area contributed by atoms with Gasteiger partial charge in [0, 0.05) is 12.1 Å². The number of carbonyl (C=O) groups is 2. The summed E-state index contributed by atoms with van der Waals surface area (Å²) >= 11 is 0. The van der Waals surface area contributed by atoms with Crippen molar-refractivity contribution in [2.75, 3.05) is 13.7 Å². The van der Waals surface area contributed by atoms with Crippen molar-refractivity contribution in [3.05, 3.63) is 95.0 Å². The zero-order chi connectivity index (χ0) is 22.7. The van der Waals surface area contributed by atoms with Crippen molar-refractivity contribution < 1.29 is 23.8 Å². The van der Waals surface area contributed by atoms with Crippen LogP contribution < -0.4 is 4.74 Å². The summed E-state index contributed by atoms with van der Waals surface area (Å²) in [6, 6.07) is 17.5. The first-order chi connectivity index (χ1) is 15.5. The van der Waals surface area contributed by atoms with E-state index >= 15 is 0 Å². The number of nitrogens with zero attached hydrogens (tertiary/aromatic N) is 1. The number of rotatable bonds is 7. The number of Topliss-reactive ketones (excluding diaryl/α,β-unsaturated/α-hetero) is 1. The lowest BCUT2D eigenvalue weighted by molar-refractivity contribution is -0.140. The minimum atomic E-state index is -0.783. The number of furan rings is 1. The Morgan fingerprint density at radius 3 is 2.31 bits per heavy atom. The maximum Gasteiger partial charge on any atom is 0.295 e. The van der Waals surface area contributed by atoms with E-state index in [0.717, 1.165) is 23.3 Å². The highest BCUT2D eigenvalue weighted by Crippen LogP contribution is 2.39. The maximum atomic E-state index is 13.0. The lowest BCUT2D eigenvalue weighted by Crippen LogP contribution is -2.31. The molecule has 1 unspecified atom stereocenters. The SMILES string of the molecule is CCc1ccc(/C(O)=C2/C(=O)C(=O)N(CCc3ccc(OC)cc3)C2c2ccco2)cc1. The van der Waals surface area contributed by atoms with Crippen LogP contribution in [0.1, 0.15) is 35.4 Å². The number of aliphatic hydroxyl groups excluding tert-OH is 1. The molecular formula is C26H25NO5. The molecule has 164 valence electrons. The highest BCUT2D eigenvalue weighted by Gasteiger charge is 2.47. The molecule has 1 amide bonds. The quantitative estimate of drug-likeness (QED) is 0.338. The van der Waals surface area contributed by atoms with Gasteiger partial charge in [0.25, 0.3) is 11.7 Å². The number of aliphatic hydroxyl groups is 1. The number of carbonyl (C=O) groups excluding carboxylic acids is 2. The van der Waals surface area contributed by atoms with E-state index in [2.05, 4.69) is 0 Å². The number of amides is 1. The Bertz CT molecular complexity index is 1130. The Hall–Kier alpha value is -3.80. The molecule has 4 rings (SSSR count). The molecule has 3 aromatic rings. The molecule has 1 N–H and O–H groups in total. The van der Waals surface area contributed by atoms with Gasteiger partial charge in [-0.15, -0.1) is 0 Å². The maximum absolute atomic E-state index is 13.0. The average Bonchev–Trinajstić information content (AvgIpc) is 3.45. The van der Waals surface area contributed by atoms with E-state index in [-0.39, 0.29) is 11.3 Å². The summed E-state index contributed by atoms with van der Waals surface area (Å²) in [6.07, 6.45) is 2.90. The second-order valence-corrected chi connectivity index (χ2v) is 7.66. The number of ketones is 1. The Kier molecular flexibility index (Phi) is 6.12. The van der Waals surface area contributed by atoms with Gasteiger partial charge in [-0.05, 0) is 48.2 Å². The van der Waals surface area contributed by atoms with E-state index in [4.69, 9.17) is 9.15 Å². The van der Waals surface area contributed by atoms with E-state index in [1.54, 1.807) is 31.4 Å². The highest BCUT2D eigenvalue weighted by atomic mass is 16.5. The molecule has 0 spiro atoms. The van der Waals surface area contributed by atoms with Crippen molar-refractivity contribution in [2.45, 2.75) is 25.8 Å². The van der Waals surface area contributed by atoms with Crippen LogP contribution in [-0.4, -0.2) is 35.4 Å². The van der Waals surface area contributed by atoms with Gasteiger partial charge in [-0.2, -0.15) is 0 Å². The van der Waals surface area contributed by atoms with Crippen molar-refractivity contribution in [1.82, 2.24) is 4.90 Å². The average molecular weight is 431 g/mol. The molecular weight excluding hydrogens is 406 g/mol. The number of hydrogen-bond acceptors (Lipinski definition) is 5. The monoisotopic (exact) mass is 431 g/mol. The van der Waals surface area contributed by atoms with Gasteiger partial charge < -0.3 is 19.2 Å². The first-order valence-corrected chi connectivity index (χ1v) is 10.6. The predicted molar refractivity (Wildman–Crippen MR) is 120 cm³/mol. The Balaban J connectivity index is 1.68. The number of benzene rings is 2. The van der Waals surface area contributed by atoms with Gasteiger partial charge in [0.2, 0.25) is 0 Å². The van der Waals surface area contributed by atoms with Crippen molar-refractivity contribution in [3.8, 4) is 5.75 Å². The van der Waals surface area contributed by atoms with Crippen LogP contribution in [0.4, 0.5) is 0 Å². The van der Waals surface area contributed by atoms with Gasteiger partial charge in [-0.1, -0.05) is 43.3 Å². The van der Waals surface area contributed by atoms with Crippen molar-refractivity contribution in [1.29, 1.82) is 0 Å². The second kappa shape index (κ2) is 9.14. The molecule has 1 aromatic heterocycles. The number of hydrogen-bond donors (Lipinski definition) is 1. The Morgan fingerprint density at radius 2 is 1.72 bits per heavy atom. The van der Waals surface area contributed by atoms with Gasteiger partial charge in [0.15, 0.2) is 0 Å². The fraction of sp³-hybridized carbons (Fsp3) is 0.231. The van der Waals surface area contributed by atoms with Crippen molar-refractivity contribution >= 4 is 17.4 Å². The Morgan fingerprint density at radius 1 is 1.03 bits per heavy atom. The van der Waals surface area contributed by atoms with Gasteiger partial charge in [0.1, 0.15) is 23.3 Å². The van der Waals surface area contributed by atoms with E-state index in [1.807, 2.05) is 43.3 Å². The van der Waals surface area contributed by atoms with Gasteiger partial charge >= 0.3 is 0 Å². The van der Waals surface area contributed by atoms with Crippen molar-refractivity contribution in [3.63, 3.8) is 0 Å². The molecule has 1 aliphatic heterocycles. The summed E-state index contributed by atoms with van der Waals surface area (Å²) in [5, 5.41) is 11.0. The third-order valence-electron chi connectivity index (χ3n) is 5.79. The summed E-state index contributed by atoms with van der Waals surface area (Å²) in [5.74, 6) is -0.367. The topological polar surface area (TPSA) is 80.0 Å². The molecule has 6 heteroatoms. The van der Waals surface area contributed by atoms with Crippen LogP contribution >= 0.6 is 0 Å². The lowest BCUT2D eigenvalue weighted by atomic mass is 9.98. The molecule has 1 aliphatic rings. The van der Waals surface area contributed by atoms with E-state index < -0.39 is 17.7 Å². The molecule has 1 fully saturated rings. The molecule has 0 radical (unpaired) electrons. The van der Waals surface area contributed by atoms with Crippen LogP contribution in [0.5, 0.6) is 5.75 Å². The predicted octanol–water partition coefficient (Wildman–Crippen LogP) is 4.52. The summed E-state index contributed by atoms with van der Waals surface area (Å²) in [5.41, 5.74) is 2.65. The third kappa shape index (κ3) is 4.04. The summed E-state index contributed by atoms with van der Waals surface area (Å²) in [7, 11) is 1.60. The highest BCUT2D eigenvalue weighted by molar-refractivity contribution is 6.46. The first-order valence-electron chi connectivity index (χ1n) is 10.6. The van der Waals surface area contributed by atoms with Crippen LogP contribution in [-0.2, 0) is 22.4 Å². The number of likely N-dealkylation sites (tertiary alicyclic amines) is 1. The van der Waals surface area contributed by atoms with E-state index in [0.29, 0.717) is 24.3 Å². The van der Waals surface area contributed by atoms with E-state index in [1.165, 1.54) is 11.2 Å². The van der Waals surface area contributed by atoms with Crippen LogP contribution in [0, 0.1) is 0 Å². The van der Waals surface area contributed by atoms with Crippen LogP contribution in [0.15, 0.2) is 76.9 Å². The zero-order valence-electron chi connectivity index (χ0n) is 18.1. The van der Waals surface area contributed by atoms with Crippen LogP contribution in [0.25, 0.3) is 5.76 Å². The standard InChI is InChI=1S/C26H25NO5/c1-3-17-6-10-19(11-7-17)24(28)22-23(21-5-4-16-32-21)27(26(30)25(22)29)15-14-18-8-12-20(31-2)13-9-18/h4-13,16,23,28H,3,14-15H2,1-2H3/b24-22-. The third-order valence-corrected chi connectivity index (χ3v) is 5.79. The van der Waals surface area contributed by atoms with Gasteiger partial charge in [-0.25, -0.2) is 0 Å². The summed E-state index contributed by atoms with van der Waals surface area (Å²) < 4.78 is 10.8. The van der Waals surface area contributed by atoms with Crippen LogP contribution in [0.3, 0.4) is 0 Å². The van der Waals surface area contributed by atoms with Gasteiger partial charge in [0.05, 0.1) is 18.9 Å². The Labute approximate surface area is 186 Å². The smallest absolute Gasteiger partial charge is 0.295 e. The molecule has 2 aromatic carbocycles. The van der Waals surface area contributed by atoms with E-state index in [9.17, 15) is 14.7 Å². The molecule has 32 heavy (non-hydrogen) atoms. The number of ether oxygens (including phenoxy) is 1. The number of aryl methyl sites for hydroxylation is 1. The fourth-order valence-electron chi connectivity index (χ4n) is 3.95. The molecule has 0 aliphatic carbocycles. The van der Waals surface area contributed by atoms with Gasteiger partial charge in [-0.3, -0.25) is 9.59 Å². The molecule has 6 nitrogen and oxygen atoms in total. The zero-order valence-corrected chi connectivity index (χ0v) is 18.1. The lowest BCUT2D eigenvalue weighted by Gasteiger charge is -2.23. The molecule has 1 atom stereocenters. The summed E-state index contributed by atoms with van der Waals surface area (Å²) in [4.78, 5) is 27.4. The summed E-state index contributed by atoms with van der Waals surface area (Å²) in [6.45, 7) is 2.34. The minimum Gasteiger partial charge on any atom is -0.507 e. The normalized spacial score (nSPS) is 17.7. The van der Waals surface area contributed by atoms with Crippen LogP contribution in [0.2, 0.25) is 0 Å². The molecule has 1 saturated heterocycles.